The molecule has 0 unspecified atom stereocenters. The molecule has 0 aromatic carbocycles. The predicted octanol–water partition coefficient (Wildman–Crippen LogP) is 2.82. The molecule has 0 aliphatic heterocycles. The standard InChI is InChI=1S/C19H28N4O/c1-22(2)11-6-12-23-18-16(17(21-23)13-7-5-8-13)14-9-3-4-10-15(14)19(24)20-18/h13H,3-12H2,1-2H3,(H,20,24). The van der Waals surface area contributed by atoms with Gasteiger partial charge in [0, 0.05) is 23.4 Å². The SMILES string of the molecule is CN(C)CCCn1nc(C2CCC2)c2c3c(c(=O)[nH]c21)CCCC3. The van der Waals surface area contributed by atoms with Crippen molar-refractivity contribution >= 4 is 11.0 Å². The van der Waals surface area contributed by atoms with Crippen molar-refractivity contribution in [3.8, 4) is 0 Å². The molecule has 1 N–H and O–H groups in total. The van der Waals surface area contributed by atoms with Crippen LogP contribution in [0.3, 0.4) is 0 Å². The molecule has 2 aromatic heterocycles. The topological polar surface area (TPSA) is 53.9 Å². The molecule has 24 heavy (non-hydrogen) atoms. The Balaban J connectivity index is 1.81. The quantitative estimate of drug-likeness (QED) is 0.918. The summed E-state index contributed by atoms with van der Waals surface area (Å²) in [6.07, 6.45) is 9.15. The minimum absolute atomic E-state index is 0.117. The van der Waals surface area contributed by atoms with Crippen LogP contribution in [0.4, 0.5) is 0 Å². The Morgan fingerprint density at radius 1 is 1.17 bits per heavy atom. The smallest absolute Gasteiger partial charge is 0.253 e. The zero-order valence-electron chi connectivity index (χ0n) is 14.9. The molecule has 2 heterocycles. The minimum Gasteiger partial charge on any atom is -0.309 e. The van der Waals surface area contributed by atoms with Crippen molar-refractivity contribution in [2.75, 3.05) is 20.6 Å². The summed E-state index contributed by atoms with van der Waals surface area (Å²) < 4.78 is 2.07. The summed E-state index contributed by atoms with van der Waals surface area (Å²) in [4.78, 5) is 17.9. The van der Waals surface area contributed by atoms with Crippen LogP contribution in [0.25, 0.3) is 11.0 Å². The number of pyridine rings is 1. The molecular formula is C19H28N4O. The van der Waals surface area contributed by atoms with Crippen LogP contribution in [0.2, 0.25) is 0 Å². The molecule has 2 aliphatic carbocycles. The molecule has 0 amide bonds. The first-order valence-electron chi connectivity index (χ1n) is 9.44. The summed E-state index contributed by atoms with van der Waals surface area (Å²) in [5, 5.41) is 6.28. The third-order valence-corrected chi connectivity index (χ3v) is 5.72. The Labute approximate surface area is 143 Å². The molecule has 0 atom stereocenters. The van der Waals surface area contributed by atoms with Gasteiger partial charge >= 0.3 is 0 Å². The Morgan fingerprint density at radius 3 is 2.58 bits per heavy atom. The summed E-state index contributed by atoms with van der Waals surface area (Å²) in [5.74, 6) is 0.597. The summed E-state index contributed by atoms with van der Waals surface area (Å²) in [6.45, 7) is 1.91. The maximum atomic E-state index is 12.6. The molecule has 5 heteroatoms. The van der Waals surface area contributed by atoms with Crippen molar-refractivity contribution in [3.05, 3.63) is 27.2 Å². The van der Waals surface area contributed by atoms with Crippen molar-refractivity contribution in [1.82, 2.24) is 19.7 Å². The van der Waals surface area contributed by atoms with Gasteiger partial charge in [0.1, 0.15) is 5.65 Å². The number of H-pyrrole nitrogens is 1. The molecule has 1 fully saturated rings. The lowest BCUT2D eigenvalue weighted by atomic mass is 9.80. The van der Waals surface area contributed by atoms with Crippen LogP contribution in [0.5, 0.6) is 0 Å². The van der Waals surface area contributed by atoms with Gasteiger partial charge < -0.3 is 9.88 Å². The van der Waals surface area contributed by atoms with Gasteiger partial charge in [-0.1, -0.05) is 6.42 Å². The number of hydrogen-bond acceptors (Lipinski definition) is 3. The second-order valence-corrected chi connectivity index (χ2v) is 7.73. The lowest BCUT2D eigenvalue weighted by Gasteiger charge is -2.25. The van der Waals surface area contributed by atoms with E-state index in [1.165, 1.54) is 42.3 Å². The lowest BCUT2D eigenvalue weighted by molar-refractivity contribution is 0.377. The summed E-state index contributed by atoms with van der Waals surface area (Å²) in [7, 11) is 4.19. The monoisotopic (exact) mass is 328 g/mol. The fourth-order valence-corrected chi connectivity index (χ4v) is 4.19. The van der Waals surface area contributed by atoms with Crippen molar-refractivity contribution in [2.45, 2.75) is 63.8 Å². The van der Waals surface area contributed by atoms with Crippen molar-refractivity contribution in [3.63, 3.8) is 0 Å². The molecule has 0 radical (unpaired) electrons. The number of aromatic amines is 1. The number of fused-ring (bicyclic) bond motifs is 3. The lowest BCUT2D eigenvalue weighted by Crippen LogP contribution is -2.21. The third kappa shape index (κ3) is 2.69. The summed E-state index contributed by atoms with van der Waals surface area (Å²) in [5.41, 5.74) is 4.69. The number of nitrogens with zero attached hydrogens (tertiary/aromatic N) is 3. The van der Waals surface area contributed by atoms with Gasteiger partial charge in [0.25, 0.3) is 5.56 Å². The Kier molecular flexibility index (Phi) is 4.21. The van der Waals surface area contributed by atoms with E-state index >= 15 is 0 Å². The third-order valence-electron chi connectivity index (χ3n) is 5.72. The molecule has 2 aliphatic rings. The summed E-state index contributed by atoms with van der Waals surface area (Å²) in [6, 6.07) is 0. The number of hydrogen-bond donors (Lipinski definition) is 1. The highest BCUT2D eigenvalue weighted by atomic mass is 16.1. The molecule has 0 bridgehead atoms. The van der Waals surface area contributed by atoms with E-state index in [2.05, 4.69) is 28.7 Å². The number of aryl methyl sites for hydroxylation is 2. The van der Waals surface area contributed by atoms with Crippen LogP contribution in [0, 0.1) is 0 Å². The Bertz CT molecular complexity index is 798. The van der Waals surface area contributed by atoms with Crippen molar-refractivity contribution in [1.29, 1.82) is 0 Å². The fourth-order valence-electron chi connectivity index (χ4n) is 4.19. The highest BCUT2D eigenvalue weighted by molar-refractivity contribution is 5.84. The molecule has 1 saturated carbocycles. The van der Waals surface area contributed by atoms with Crippen LogP contribution in [-0.2, 0) is 19.4 Å². The highest BCUT2D eigenvalue weighted by Gasteiger charge is 2.29. The van der Waals surface area contributed by atoms with E-state index < -0.39 is 0 Å². The van der Waals surface area contributed by atoms with Gasteiger partial charge in [-0.3, -0.25) is 4.79 Å². The maximum absolute atomic E-state index is 12.6. The van der Waals surface area contributed by atoms with E-state index in [1.807, 2.05) is 0 Å². The maximum Gasteiger partial charge on any atom is 0.253 e. The zero-order chi connectivity index (χ0) is 16.7. The first-order valence-corrected chi connectivity index (χ1v) is 9.44. The van der Waals surface area contributed by atoms with E-state index in [4.69, 9.17) is 5.10 Å². The normalized spacial score (nSPS) is 18.1. The molecule has 0 saturated heterocycles. The van der Waals surface area contributed by atoms with E-state index in [0.29, 0.717) is 5.92 Å². The van der Waals surface area contributed by atoms with Gasteiger partial charge in [0.05, 0.1) is 5.69 Å². The molecule has 5 nitrogen and oxygen atoms in total. The Hall–Kier alpha value is -1.62. The van der Waals surface area contributed by atoms with Gasteiger partial charge in [-0.05, 0) is 71.1 Å². The molecular weight excluding hydrogens is 300 g/mol. The van der Waals surface area contributed by atoms with E-state index in [9.17, 15) is 4.79 Å². The highest BCUT2D eigenvalue weighted by Crippen LogP contribution is 2.40. The summed E-state index contributed by atoms with van der Waals surface area (Å²) >= 11 is 0. The van der Waals surface area contributed by atoms with E-state index in [-0.39, 0.29) is 5.56 Å². The van der Waals surface area contributed by atoms with Crippen molar-refractivity contribution in [2.24, 2.45) is 0 Å². The van der Waals surface area contributed by atoms with Gasteiger partial charge in [-0.2, -0.15) is 5.10 Å². The number of rotatable bonds is 5. The average Bonchev–Trinajstić information content (AvgIpc) is 2.84. The number of aromatic nitrogens is 3. The number of nitrogens with one attached hydrogen (secondary N) is 1. The second-order valence-electron chi connectivity index (χ2n) is 7.73. The van der Waals surface area contributed by atoms with Crippen LogP contribution < -0.4 is 5.56 Å². The van der Waals surface area contributed by atoms with Gasteiger partial charge in [-0.25, -0.2) is 4.68 Å². The minimum atomic E-state index is 0.117. The Morgan fingerprint density at radius 2 is 1.92 bits per heavy atom. The fraction of sp³-hybridized carbons (Fsp3) is 0.684. The van der Waals surface area contributed by atoms with Crippen LogP contribution in [-0.4, -0.2) is 40.3 Å². The zero-order valence-corrected chi connectivity index (χ0v) is 14.9. The largest absolute Gasteiger partial charge is 0.309 e. The second kappa shape index (κ2) is 6.36. The first kappa shape index (κ1) is 15.9. The predicted molar refractivity (Wildman–Crippen MR) is 96.8 cm³/mol. The first-order chi connectivity index (χ1) is 11.6. The molecule has 4 rings (SSSR count). The van der Waals surface area contributed by atoms with Gasteiger partial charge in [-0.15, -0.1) is 0 Å². The van der Waals surface area contributed by atoms with E-state index in [1.54, 1.807) is 0 Å². The van der Waals surface area contributed by atoms with Gasteiger partial charge in [0.2, 0.25) is 0 Å². The average molecular weight is 328 g/mol. The van der Waals surface area contributed by atoms with Crippen molar-refractivity contribution < 1.29 is 0 Å². The molecule has 0 spiro atoms. The van der Waals surface area contributed by atoms with Crippen LogP contribution in [0.1, 0.15) is 61.3 Å². The van der Waals surface area contributed by atoms with Crippen LogP contribution in [0.15, 0.2) is 4.79 Å². The van der Waals surface area contributed by atoms with Gasteiger partial charge in [0.15, 0.2) is 0 Å². The molecule has 130 valence electrons. The van der Waals surface area contributed by atoms with Crippen LogP contribution >= 0.6 is 0 Å². The molecule has 2 aromatic rings. The van der Waals surface area contributed by atoms with E-state index in [0.717, 1.165) is 50.0 Å².